The number of benzene rings is 2. The van der Waals surface area contributed by atoms with Crippen LogP contribution in [0, 0.1) is 44.0 Å². The fourth-order valence-electron chi connectivity index (χ4n) is 5.43. The van der Waals surface area contributed by atoms with Crippen LogP contribution in [-0.2, 0) is 6.42 Å². The van der Waals surface area contributed by atoms with Gasteiger partial charge in [-0.2, -0.15) is 0 Å². The highest BCUT2D eigenvalue weighted by atomic mass is 19.2. The molecule has 0 radical (unpaired) electrons. The van der Waals surface area contributed by atoms with E-state index in [1.807, 2.05) is 51.2 Å². The Morgan fingerprint density at radius 3 is 2.08 bits per heavy atom. The number of rotatable bonds is 6. The second-order valence-electron chi connectivity index (χ2n) is 9.81. The number of nitrogens with zero attached hydrogens (tertiary/aromatic N) is 2. The average Bonchev–Trinajstić information content (AvgIpc) is 3.34. The largest absolute Gasteiger partial charge is 0.508 e. The van der Waals surface area contributed by atoms with Crippen LogP contribution < -0.4 is 0 Å². The fourth-order valence-corrected chi connectivity index (χ4v) is 5.43. The molecule has 0 spiro atoms. The van der Waals surface area contributed by atoms with Gasteiger partial charge in [0.2, 0.25) is 7.98 Å². The molecule has 39 heavy (non-hydrogen) atoms. The molecule has 0 atom stereocenters. The maximum absolute atomic E-state index is 15.8. The molecule has 0 unspecified atom stereocenters. The molecule has 8 heteroatoms. The minimum Gasteiger partial charge on any atom is -0.508 e. The Labute approximate surface area is 227 Å². The van der Waals surface area contributed by atoms with Crippen LogP contribution in [0.3, 0.4) is 0 Å². The number of phenols is 1. The van der Waals surface area contributed by atoms with E-state index >= 15 is 8.78 Å². The lowest BCUT2D eigenvalue weighted by Crippen LogP contribution is -2.11. The lowest BCUT2D eigenvalue weighted by molar-refractivity contribution is 0.426. The fraction of sp³-hybridized carbons (Fsp3) is 0.258. The van der Waals surface area contributed by atoms with Gasteiger partial charge in [0.1, 0.15) is 11.6 Å². The van der Waals surface area contributed by atoms with Gasteiger partial charge in [0, 0.05) is 22.5 Å². The van der Waals surface area contributed by atoms with Gasteiger partial charge >= 0.3 is 0 Å². The Morgan fingerprint density at radius 1 is 0.872 bits per heavy atom. The van der Waals surface area contributed by atoms with Crippen molar-refractivity contribution < 1.29 is 22.7 Å². The van der Waals surface area contributed by atoms with Gasteiger partial charge in [0.15, 0.2) is 17.5 Å². The van der Waals surface area contributed by atoms with E-state index in [1.54, 1.807) is 32.2 Å². The number of hydrogen-bond acceptors (Lipinski definition) is 2. The molecular formula is C31H31BF4N2O. The Balaban J connectivity index is 2.11. The molecular weight excluding hydrogens is 503 g/mol. The van der Waals surface area contributed by atoms with Crippen LogP contribution in [0.25, 0.3) is 11.6 Å². The first-order chi connectivity index (χ1) is 18.4. The van der Waals surface area contributed by atoms with E-state index in [-0.39, 0.29) is 11.3 Å². The average molecular weight is 534 g/mol. The molecule has 1 aliphatic rings. The van der Waals surface area contributed by atoms with E-state index in [1.165, 1.54) is 0 Å². The third-order valence-corrected chi connectivity index (χ3v) is 7.67. The molecule has 0 bridgehead atoms. The van der Waals surface area contributed by atoms with Gasteiger partial charge < -0.3 is 9.58 Å². The summed E-state index contributed by atoms with van der Waals surface area (Å²) >= 11 is 0. The monoisotopic (exact) mass is 534 g/mol. The molecule has 0 saturated carbocycles. The lowest BCUT2D eigenvalue weighted by atomic mass is 9.90. The number of halogens is 4. The second kappa shape index (κ2) is 10.8. The molecule has 1 aliphatic heterocycles. The minimum absolute atomic E-state index is 0.0892. The van der Waals surface area contributed by atoms with E-state index in [2.05, 4.69) is 0 Å². The van der Waals surface area contributed by atoms with E-state index < -0.39 is 34.4 Å². The molecule has 2 heterocycles. The summed E-state index contributed by atoms with van der Waals surface area (Å²) in [5.41, 5.74) is 5.42. The van der Waals surface area contributed by atoms with Crippen molar-refractivity contribution in [3.05, 3.63) is 110 Å². The van der Waals surface area contributed by atoms with Crippen molar-refractivity contribution in [2.45, 2.75) is 54.4 Å². The highest BCUT2D eigenvalue weighted by Gasteiger charge is 2.33. The first kappa shape index (κ1) is 28.2. The zero-order valence-electron chi connectivity index (χ0n) is 23.2. The molecule has 0 fully saturated rings. The van der Waals surface area contributed by atoms with Gasteiger partial charge in [-0.3, -0.25) is 0 Å². The standard InChI is InChI=1S/C31H31BF4N2O/c1-7-21-16(4)31(38(32)18(21)6)25(24-26(33)17(5)27(34)29(36)28(24)35)30-15(3)22(8-2)23(37-30)14-11-19-9-12-20(39)13-10-19/h9-14,39H,7-8,32H2,1-6H3/b14-11+,30-25-. The summed E-state index contributed by atoms with van der Waals surface area (Å²) in [5, 5.41) is 9.57. The van der Waals surface area contributed by atoms with Crippen LogP contribution in [0.15, 0.2) is 52.2 Å². The molecule has 3 aromatic rings. The Morgan fingerprint density at radius 2 is 1.51 bits per heavy atom. The molecule has 0 aliphatic carbocycles. The molecule has 1 aromatic heterocycles. The molecule has 0 amide bonds. The zero-order chi connectivity index (χ0) is 28.8. The van der Waals surface area contributed by atoms with Crippen molar-refractivity contribution in [3.63, 3.8) is 0 Å². The van der Waals surface area contributed by atoms with Gasteiger partial charge in [-0.1, -0.05) is 32.1 Å². The highest BCUT2D eigenvalue weighted by molar-refractivity contribution is 6.15. The molecule has 0 saturated heterocycles. The van der Waals surface area contributed by atoms with Gasteiger partial charge in [-0.05, 0) is 86.6 Å². The van der Waals surface area contributed by atoms with Gasteiger partial charge in [0.25, 0.3) is 0 Å². The Bertz CT molecular complexity index is 1580. The summed E-state index contributed by atoms with van der Waals surface area (Å²) in [4.78, 5) is 4.84. The first-order valence-corrected chi connectivity index (χ1v) is 12.9. The minimum atomic E-state index is -1.71. The number of phenolic OH excluding ortho intramolecular Hbond substituents is 1. The first-order valence-electron chi connectivity index (χ1n) is 12.9. The van der Waals surface area contributed by atoms with Crippen LogP contribution in [-0.4, -0.2) is 23.3 Å². The van der Waals surface area contributed by atoms with Crippen LogP contribution in [0.4, 0.5) is 17.6 Å². The molecule has 1 N–H and O–H groups in total. The number of aromatic nitrogens is 1. The maximum Gasteiger partial charge on any atom is 0.223 e. The number of allylic oxidation sites excluding steroid dienone is 3. The SMILES string of the molecule is Bn1c(C)c(CC)c(C)c1/C(=C1N=C(/C=C/c2ccc(O)cc2)C(CC)=C\1C)c1c(F)c(C)c(F)c(F)c1F. The van der Waals surface area contributed by atoms with E-state index in [9.17, 15) is 13.9 Å². The predicted molar refractivity (Wildman–Crippen MR) is 152 cm³/mol. The number of aromatic hydroxyl groups is 1. The van der Waals surface area contributed by atoms with Crippen molar-refractivity contribution >= 4 is 25.3 Å². The summed E-state index contributed by atoms with van der Waals surface area (Å²) in [5.74, 6) is -5.84. The topological polar surface area (TPSA) is 37.5 Å². The summed E-state index contributed by atoms with van der Waals surface area (Å²) < 4.78 is 62.3. The van der Waals surface area contributed by atoms with Crippen molar-refractivity contribution in [2.24, 2.45) is 4.99 Å². The molecule has 2 aromatic carbocycles. The Kier molecular flexibility index (Phi) is 7.78. The molecule has 3 nitrogen and oxygen atoms in total. The number of aliphatic imine (C=N–C) groups is 1. The molecule has 202 valence electrons. The van der Waals surface area contributed by atoms with Crippen LogP contribution in [0.1, 0.15) is 66.4 Å². The van der Waals surface area contributed by atoms with Crippen molar-refractivity contribution in [2.75, 3.05) is 0 Å². The van der Waals surface area contributed by atoms with Crippen molar-refractivity contribution in [1.82, 2.24) is 4.48 Å². The van der Waals surface area contributed by atoms with E-state index in [0.29, 0.717) is 35.5 Å². The van der Waals surface area contributed by atoms with Gasteiger partial charge in [-0.25, -0.2) is 22.6 Å². The smallest absolute Gasteiger partial charge is 0.223 e. The van der Waals surface area contributed by atoms with Crippen LogP contribution in [0.2, 0.25) is 0 Å². The van der Waals surface area contributed by atoms with Gasteiger partial charge in [-0.15, -0.1) is 0 Å². The van der Waals surface area contributed by atoms with E-state index in [0.717, 1.165) is 34.9 Å². The maximum atomic E-state index is 15.8. The predicted octanol–water partition coefficient (Wildman–Crippen LogP) is 7.29. The summed E-state index contributed by atoms with van der Waals surface area (Å²) in [6.07, 6.45) is 4.92. The third kappa shape index (κ3) is 4.66. The summed E-state index contributed by atoms with van der Waals surface area (Å²) in [7, 11) is 1.80. The lowest BCUT2D eigenvalue weighted by Gasteiger charge is -2.18. The summed E-state index contributed by atoms with van der Waals surface area (Å²) in [6.45, 7) is 10.7. The second-order valence-corrected chi connectivity index (χ2v) is 9.81. The zero-order valence-corrected chi connectivity index (χ0v) is 23.2. The normalized spacial score (nSPS) is 15.1. The van der Waals surface area contributed by atoms with Crippen molar-refractivity contribution in [3.8, 4) is 5.75 Å². The third-order valence-electron chi connectivity index (χ3n) is 7.67. The quantitative estimate of drug-likeness (QED) is 0.153. The number of hydrogen-bond donors (Lipinski definition) is 1. The van der Waals surface area contributed by atoms with Crippen molar-refractivity contribution in [1.29, 1.82) is 0 Å². The molecule has 4 rings (SSSR count). The summed E-state index contributed by atoms with van der Waals surface area (Å²) in [6, 6.07) is 6.65. The Hall–Kier alpha value is -3.81. The van der Waals surface area contributed by atoms with Crippen LogP contribution in [0.5, 0.6) is 5.75 Å². The van der Waals surface area contributed by atoms with E-state index in [4.69, 9.17) is 4.99 Å². The highest BCUT2D eigenvalue weighted by Crippen LogP contribution is 2.43. The van der Waals surface area contributed by atoms with Gasteiger partial charge in [0.05, 0.1) is 17.0 Å². The van der Waals surface area contributed by atoms with Crippen LogP contribution >= 0.6 is 0 Å².